The average molecular weight is 245 g/mol. The molecular weight excluding hydrogens is 228 g/mol. The maximum absolute atomic E-state index is 9.57. The molecule has 1 N–H and O–H groups in total. The van der Waals surface area contributed by atoms with Crippen molar-refractivity contribution in [3.63, 3.8) is 0 Å². The van der Waals surface area contributed by atoms with Crippen LogP contribution >= 0.6 is 15.9 Å². The van der Waals surface area contributed by atoms with Gasteiger partial charge in [-0.15, -0.1) is 6.58 Å². The molecule has 0 aliphatic rings. The van der Waals surface area contributed by atoms with Crippen molar-refractivity contribution < 1.29 is 5.11 Å². The zero-order valence-corrected chi connectivity index (χ0v) is 9.84. The van der Waals surface area contributed by atoms with Crippen LogP contribution < -0.4 is 0 Å². The lowest BCUT2D eigenvalue weighted by Gasteiger charge is -2.21. The minimum atomic E-state index is -0.442. The van der Waals surface area contributed by atoms with Gasteiger partial charge in [-0.1, -0.05) is 54.6 Å². The van der Waals surface area contributed by atoms with Crippen LogP contribution in [0.3, 0.4) is 0 Å². The number of allylic oxidation sites excluding steroid dienone is 3. The third kappa shape index (κ3) is 6.79. The van der Waals surface area contributed by atoms with Gasteiger partial charge in [0.15, 0.2) is 0 Å². The van der Waals surface area contributed by atoms with E-state index in [1.54, 1.807) is 12.2 Å². The van der Waals surface area contributed by atoms with E-state index in [2.05, 4.69) is 29.1 Å². The summed E-state index contributed by atoms with van der Waals surface area (Å²) in [6.45, 7) is 11.4. The summed E-state index contributed by atoms with van der Waals surface area (Å²) in [4.78, 5) is 0. The van der Waals surface area contributed by atoms with Gasteiger partial charge in [0.1, 0.15) is 0 Å². The van der Waals surface area contributed by atoms with E-state index in [0.717, 1.165) is 4.48 Å². The molecule has 0 spiro atoms. The summed E-state index contributed by atoms with van der Waals surface area (Å²) in [7, 11) is 0. The van der Waals surface area contributed by atoms with Gasteiger partial charge in [-0.25, -0.2) is 0 Å². The molecule has 0 amide bonds. The van der Waals surface area contributed by atoms with E-state index < -0.39 is 6.10 Å². The number of hydrogen-bond acceptors (Lipinski definition) is 1. The lowest BCUT2D eigenvalue weighted by molar-refractivity contribution is 0.174. The predicted molar refractivity (Wildman–Crippen MR) is 61.8 cm³/mol. The Labute approximate surface area is 89.0 Å². The molecule has 0 aliphatic carbocycles. The van der Waals surface area contributed by atoms with Crippen LogP contribution in [0.25, 0.3) is 0 Å². The van der Waals surface area contributed by atoms with Gasteiger partial charge in [-0.3, -0.25) is 0 Å². The molecule has 13 heavy (non-hydrogen) atoms. The molecule has 1 unspecified atom stereocenters. The molecule has 0 aromatic carbocycles. The zero-order valence-electron chi connectivity index (χ0n) is 8.26. The summed E-state index contributed by atoms with van der Waals surface area (Å²) in [5.41, 5.74) is -0.0304. The molecule has 0 aromatic rings. The SMILES string of the molecule is C=CC(C)(C)CC(O)/C=C/C(=C)Br. The van der Waals surface area contributed by atoms with Crippen LogP contribution in [0.15, 0.2) is 35.9 Å². The second kappa shape index (κ2) is 5.40. The van der Waals surface area contributed by atoms with Crippen molar-refractivity contribution in [3.8, 4) is 0 Å². The van der Waals surface area contributed by atoms with Gasteiger partial charge in [0.25, 0.3) is 0 Å². The first-order chi connectivity index (χ1) is 5.87. The summed E-state index contributed by atoms with van der Waals surface area (Å²) < 4.78 is 0.767. The maximum atomic E-state index is 9.57. The Kier molecular flexibility index (Phi) is 5.26. The molecule has 74 valence electrons. The first kappa shape index (κ1) is 12.7. The molecule has 0 radical (unpaired) electrons. The Balaban J connectivity index is 4.08. The lowest BCUT2D eigenvalue weighted by Crippen LogP contribution is -2.16. The van der Waals surface area contributed by atoms with Gasteiger partial charge in [-0.2, -0.15) is 0 Å². The second-order valence-electron chi connectivity index (χ2n) is 3.77. The van der Waals surface area contributed by atoms with Crippen molar-refractivity contribution in [2.75, 3.05) is 0 Å². The van der Waals surface area contributed by atoms with Crippen molar-refractivity contribution in [1.82, 2.24) is 0 Å². The number of halogens is 1. The lowest BCUT2D eigenvalue weighted by atomic mass is 9.87. The van der Waals surface area contributed by atoms with Crippen LogP contribution in [0, 0.1) is 5.41 Å². The molecule has 0 aromatic heterocycles. The fraction of sp³-hybridized carbons (Fsp3) is 0.455. The van der Waals surface area contributed by atoms with Gasteiger partial charge in [0.05, 0.1) is 6.10 Å². The largest absolute Gasteiger partial charge is 0.389 e. The quantitative estimate of drug-likeness (QED) is 0.581. The first-order valence-electron chi connectivity index (χ1n) is 4.21. The van der Waals surface area contributed by atoms with Gasteiger partial charge >= 0.3 is 0 Å². The fourth-order valence-corrected chi connectivity index (χ4v) is 1.06. The fourth-order valence-electron chi connectivity index (χ4n) is 0.906. The Hall–Kier alpha value is -0.340. The number of aliphatic hydroxyl groups excluding tert-OH is 1. The Morgan fingerprint density at radius 1 is 1.62 bits per heavy atom. The molecule has 0 rings (SSSR count). The number of rotatable bonds is 5. The number of hydrogen-bond donors (Lipinski definition) is 1. The van der Waals surface area contributed by atoms with E-state index in [0.29, 0.717) is 6.42 Å². The molecule has 0 bridgehead atoms. The van der Waals surface area contributed by atoms with Gasteiger partial charge in [0.2, 0.25) is 0 Å². The normalized spacial score (nSPS) is 14.5. The highest BCUT2D eigenvalue weighted by Crippen LogP contribution is 2.23. The van der Waals surface area contributed by atoms with Crippen molar-refractivity contribution in [3.05, 3.63) is 35.9 Å². The zero-order chi connectivity index (χ0) is 10.5. The van der Waals surface area contributed by atoms with E-state index >= 15 is 0 Å². The smallest absolute Gasteiger partial charge is 0.0732 e. The van der Waals surface area contributed by atoms with Crippen LogP contribution in [0.2, 0.25) is 0 Å². The average Bonchev–Trinajstić information content (AvgIpc) is 2.00. The van der Waals surface area contributed by atoms with E-state index in [-0.39, 0.29) is 5.41 Å². The predicted octanol–water partition coefficient (Wildman–Crippen LogP) is 3.41. The highest BCUT2D eigenvalue weighted by atomic mass is 79.9. The highest BCUT2D eigenvalue weighted by molar-refractivity contribution is 9.11. The van der Waals surface area contributed by atoms with E-state index in [4.69, 9.17) is 0 Å². The Morgan fingerprint density at radius 2 is 2.15 bits per heavy atom. The Morgan fingerprint density at radius 3 is 2.54 bits per heavy atom. The van der Waals surface area contributed by atoms with E-state index in [1.807, 2.05) is 19.9 Å². The summed E-state index contributed by atoms with van der Waals surface area (Å²) in [5.74, 6) is 0. The van der Waals surface area contributed by atoms with Gasteiger partial charge < -0.3 is 5.11 Å². The van der Waals surface area contributed by atoms with Crippen LogP contribution in [0.4, 0.5) is 0 Å². The topological polar surface area (TPSA) is 20.2 Å². The van der Waals surface area contributed by atoms with Crippen LogP contribution in [0.5, 0.6) is 0 Å². The first-order valence-corrected chi connectivity index (χ1v) is 5.01. The molecule has 0 heterocycles. The van der Waals surface area contributed by atoms with Crippen molar-refractivity contribution >= 4 is 15.9 Å². The highest BCUT2D eigenvalue weighted by Gasteiger charge is 2.16. The third-order valence-corrected chi connectivity index (χ3v) is 2.05. The van der Waals surface area contributed by atoms with Crippen LogP contribution in [-0.4, -0.2) is 11.2 Å². The molecule has 2 heteroatoms. The standard InChI is InChI=1S/C11H17BrO/c1-5-11(3,4)8-10(13)7-6-9(2)12/h5-7,10,13H,1-2,8H2,3-4H3/b7-6+. The van der Waals surface area contributed by atoms with Crippen molar-refractivity contribution in [2.45, 2.75) is 26.4 Å². The monoisotopic (exact) mass is 244 g/mol. The van der Waals surface area contributed by atoms with Gasteiger partial charge in [-0.05, 0) is 11.8 Å². The van der Waals surface area contributed by atoms with E-state index in [9.17, 15) is 5.11 Å². The molecule has 1 nitrogen and oxygen atoms in total. The minimum absolute atomic E-state index is 0.0304. The van der Waals surface area contributed by atoms with Crippen LogP contribution in [-0.2, 0) is 0 Å². The summed E-state index contributed by atoms with van der Waals surface area (Å²) in [6, 6.07) is 0. The molecule has 0 fully saturated rings. The molecule has 0 aliphatic heterocycles. The van der Waals surface area contributed by atoms with Crippen LogP contribution in [0.1, 0.15) is 20.3 Å². The number of aliphatic hydroxyl groups is 1. The second-order valence-corrected chi connectivity index (χ2v) is 4.79. The summed E-state index contributed by atoms with van der Waals surface area (Å²) in [6.07, 6.45) is 5.56. The minimum Gasteiger partial charge on any atom is -0.389 e. The van der Waals surface area contributed by atoms with Crippen molar-refractivity contribution in [1.29, 1.82) is 0 Å². The van der Waals surface area contributed by atoms with E-state index in [1.165, 1.54) is 0 Å². The summed E-state index contributed by atoms with van der Waals surface area (Å²) in [5, 5.41) is 9.57. The molecule has 0 saturated heterocycles. The third-order valence-electron chi connectivity index (χ3n) is 1.79. The van der Waals surface area contributed by atoms with Crippen molar-refractivity contribution in [2.24, 2.45) is 5.41 Å². The molecular formula is C11H17BrO. The summed E-state index contributed by atoms with van der Waals surface area (Å²) >= 11 is 3.19. The van der Waals surface area contributed by atoms with Gasteiger partial charge in [0, 0.05) is 4.48 Å². The Bertz CT molecular complexity index is 216. The molecule has 0 saturated carbocycles. The molecule has 1 atom stereocenters. The maximum Gasteiger partial charge on any atom is 0.0732 e.